The molecule has 1 aromatic carbocycles. The lowest BCUT2D eigenvalue weighted by Crippen LogP contribution is -2.49. The topological polar surface area (TPSA) is 21.3 Å². The van der Waals surface area contributed by atoms with E-state index in [1.54, 1.807) is 6.07 Å². The molecule has 2 aliphatic rings. The lowest BCUT2D eigenvalue weighted by molar-refractivity contribution is -0.0941. The average molecular weight is 309 g/mol. The molecular weight excluding hydrogens is 285 g/mol. The van der Waals surface area contributed by atoms with Crippen LogP contribution in [0.4, 0.5) is 4.39 Å². The Bertz CT molecular complexity index is 470. The lowest BCUT2D eigenvalue weighted by atomic mass is 9.85. The van der Waals surface area contributed by atoms with Gasteiger partial charge in [0, 0.05) is 24.3 Å². The summed E-state index contributed by atoms with van der Waals surface area (Å²) in [6, 6.07) is 7.53. The van der Waals surface area contributed by atoms with Crippen molar-refractivity contribution in [2.45, 2.75) is 50.3 Å². The first-order chi connectivity index (χ1) is 10.2. The van der Waals surface area contributed by atoms with E-state index >= 15 is 0 Å². The van der Waals surface area contributed by atoms with Gasteiger partial charge in [0.15, 0.2) is 0 Å². The summed E-state index contributed by atoms with van der Waals surface area (Å²) >= 11 is 2.03. The number of hydrogen-bond donors (Lipinski definition) is 1. The van der Waals surface area contributed by atoms with Crippen LogP contribution in [0, 0.1) is 5.82 Å². The predicted octanol–water partition coefficient (Wildman–Crippen LogP) is 3.92. The molecule has 2 saturated heterocycles. The van der Waals surface area contributed by atoms with Crippen molar-refractivity contribution in [3.05, 3.63) is 35.6 Å². The van der Waals surface area contributed by atoms with Crippen LogP contribution in [0.25, 0.3) is 0 Å². The van der Waals surface area contributed by atoms with E-state index in [-0.39, 0.29) is 17.5 Å². The van der Waals surface area contributed by atoms with Crippen molar-refractivity contribution < 1.29 is 9.13 Å². The molecule has 2 aliphatic heterocycles. The summed E-state index contributed by atoms with van der Waals surface area (Å²) in [5, 5.41) is 3.62. The first kappa shape index (κ1) is 15.3. The number of benzene rings is 1. The van der Waals surface area contributed by atoms with Crippen LogP contribution in [0.3, 0.4) is 0 Å². The number of ether oxygens (including phenoxy) is 1. The van der Waals surface area contributed by atoms with E-state index in [0.29, 0.717) is 6.04 Å². The second-order valence-electron chi connectivity index (χ2n) is 6.24. The number of rotatable bonds is 3. The molecule has 2 unspecified atom stereocenters. The fourth-order valence-electron chi connectivity index (χ4n) is 3.53. The van der Waals surface area contributed by atoms with Gasteiger partial charge in [-0.05, 0) is 50.2 Å². The zero-order valence-corrected chi connectivity index (χ0v) is 13.4. The lowest BCUT2D eigenvalue weighted by Gasteiger charge is -2.44. The molecule has 0 aromatic heterocycles. The molecule has 0 bridgehead atoms. The normalized spacial score (nSPS) is 26.7. The summed E-state index contributed by atoms with van der Waals surface area (Å²) in [5.41, 5.74) is 0.841. The molecule has 4 heteroatoms. The smallest absolute Gasteiger partial charge is 0.127 e. The van der Waals surface area contributed by atoms with Crippen molar-refractivity contribution >= 4 is 11.8 Å². The Morgan fingerprint density at radius 3 is 2.86 bits per heavy atom. The third-order valence-electron chi connectivity index (χ3n) is 4.75. The standard InChI is InChI=1S/C17H24FNOS/c1-13(15-4-2-3-5-16(15)18)19-14-6-9-20-17(12-14)7-10-21-11-8-17/h2-5,13-14,19H,6-12H2,1H3. The molecule has 2 atom stereocenters. The zero-order valence-electron chi connectivity index (χ0n) is 12.6. The van der Waals surface area contributed by atoms with Gasteiger partial charge in [-0.25, -0.2) is 4.39 Å². The summed E-state index contributed by atoms with van der Waals surface area (Å²) in [4.78, 5) is 0. The largest absolute Gasteiger partial charge is 0.375 e. The molecule has 2 nitrogen and oxygen atoms in total. The van der Waals surface area contributed by atoms with E-state index in [1.807, 2.05) is 23.9 Å². The van der Waals surface area contributed by atoms with Gasteiger partial charge in [0.25, 0.3) is 0 Å². The van der Waals surface area contributed by atoms with Crippen LogP contribution in [0.5, 0.6) is 0 Å². The van der Waals surface area contributed by atoms with Crippen molar-refractivity contribution in [3.8, 4) is 0 Å². The van der Waals surface area contributed by atoms with Gasteiger partial charge in [-0.15, -0.1) is 0 Å². The zero-order chi connectivity index (χ0) is 14.7. The van der Waals surface area contributed by atoms with Crippen LogP contribution in [0.2, 0.25) is 0 Å². The Morgan fingerprint density at radius 1 is 1.33 bits per heavy atom. The Morgan fingerprint density at radius 2 is 2.10 bits per heavy atom. The van der Waals surface area contributed by atoms with E-state index in [9.17, 15) is 4.39 Å². The number of thioether (sulfide) groups is 1. The molecule has 0 saturated carbocycles. The summed E-state index contributed by atoms with van der Waals surface area (Å²) in [5.74, 6) is 2.29. The number of halogens is 1. The minimum absolute atomic E-state index is 0.0457. The molecule has 0 amide bonds. The van der Waals surface area contributed by atoms with Gasteiger partial charge in [-0.3, -0.25) is 0 Å². The van der Waals surface area contributed by atoms with Gasteiger partial charge in [0.05, 0.1) is 5.60 Å². The van der Waals surface area contributed by atoms with Crippen molar-refractivity contribution in [3.63, 3.8) is 0 Å². The predicted molar refractivity (Wildman–Crippen MR) is 86.2 cm³/mol. The van der Waals surface area contributed by atoms with E-state index < -0.39 is 0 Å². The van der Waals surface area contributed by atoms with Gasteiger partial charge in [0.2, 0.25) is 0 Å². The van der Waals surface area contributed by atoms with Gasteiger partial charge >= 0.3 is 0 Å². The van der Waals surface area contributed by atoms with Crippen LogP contribution >= 0.6 is 11.8 Å². The Balaban J connectivity index is 1.63. The summed E-state index contributed by atoms with van der Waals surface area (Å²) < 4.78 is 20.0. The molecule has 1 aromatic rings. The highest BCUT2D eigenvalue weighted by molar-refractivity contribution is 7.99. The monoisotopic (exact) mass is 309 g/mol. The maximum absolute atomic E-state index is 13.9. The maximum atomic E-state index is 13.9. The van der Waals surface area contributed by atoms with Crippen molar-refractivity contribution in [2.75, 3.05) is 18.1 Å². The van der Waals surface area contributed by atoms with Gasteiger partial charge in [-0.2, -0.15) is 11.8 Å². The third-order valence-corrected chi connectivity index (χ3v) is 5.74. The summed E-state index contributed by atoms with van der Waals surface area (Å²) in [7, 11) is 0. The molecule has 0 aliphatic carbocycles. The van der Waals surface area contributed by atoms with Gasteiger partial charge in [-0.1, -0.05) is 18.2 Å². The number of hydrogen-bond acceptors (Lipinski definition) is 3. The second kappa shape index (κ2) is 6.67. The summed E-state index contributed by atoms with van der Waals surface area (Å²) in [6.45, 7) is 2.88. The highest BCUT2D eigenvalue weighted by atomic mass is 32.2. The minimum atomic E-state index is -0.117. The fourth-order valence-corrected chi connectivity index (χ4v) is 4.77. The molecule has 3 rings (SSSR count). The summed E-state index contributed by atoms with van der Waals surface area (Å²) in [6.07, 6.45) is 4.40. The van der Waals surface area contributed by atoms with Crippen LogP contribution < -0.4 is 5.32 Å². The van der Waals surface area contributed by atoms with Gasteiger partial charge < -0.3 is 10.1 Å². The van der Waals surface area contributed by atoms with Gasteiger partial charge in [0.1, 0.15) is 5.82 Å². The first-order valence-electron chi connectivity index (χ1n) is 7.91. The third kappa shape index (κ3) is 3.61. The molecule has 2 heterocycles. The van der Waals surface area contributed by atoms with E-state index in [0.717, 1.165) is 37.9 Å². The first-order valence-corrected chi connectivity index (χ1v) is 9.06. The van der Waals surface area contributed by atoms with Crippen molar-refractivity contribution in [1.29, 1.82) is 0 Å². The van der Waals surface area contributed by atoms with E-state index in [4.69, 9.17) is 4.74 Å². The van der Waals surface area contributed by atoms with Crippen molar-refractivity contribution in [1.82, 2.24) is 5.32 Å². The average Bonchev–Trinajstić information content (AvgIpc) is 2.48. The minimum Gasteiger partial charge on any atom is -0.375 e. The quantitative estimate of drug-likeness (QED) is 0.914. The highest BCUT2D eigenvalue weighted by Gasteiger charge is 2.39. The van der Waals surface area contributed by atoms with Crippen LogP contribution in [0.1, 0.15) is 44.2 Å². The molecule has 0 radical (unpaired) electrons. The van der Waals surface area contributed by atoms with Crippen LogP contribution in [-0.2, 0) is 4.74 Å². The van der Waals surface area contributed by atoms with Crippen LogP contribution in [0.15, 0.2) is 24.3 Å². The Labute approximate surface area is 130 Å². The van der Waals surface area contributed by atoms with Crippen LogP contribution in [-0.4, -0.2) is 29.8 Å². The fraction of sp³-hybridized carbons (Fsp3) is 0.647. The Kier molecular flexibility index (Phi) is 4.87. The second-order valence-corrected chi connectivity index (χ2v) is 7.47. The molecule has 1 N–H and O–H groups in total. The molecular formula is C17H24FNOS. The number of nitrogens with one attached hydrogen (secondary N) is 1. The Hall–Kier alpha value is -0.580. The molecule has 116 valence electrons. The SMILES string of the molecule is CC(NC1CCOC2(CCSCC2)C1)c1ccccc1F. The van der Waals surface area contributed by atoms with Crippen molar-refractivity contribution in [2.24, 2.45) is 0 Å². The molecule has 2 fully saturated rings. The molecule has 1 spiro atoms. The maximum Gasteiger partial charge on any atom is 0.127 e. The van der Waals surface area contributed by atoms with E-state index in [1.165, 1.54) is 17.6 Å². The highest BCUT2D eigenvalue weighted by Crippen LogP contribution is 2.38. The van der Waals surface area contributed by atoms with E-state index in [2.05, 4.69) is 12.2 Å². The molecule has 21 heavy (non-hydrogen) atoms.